The molecule has 0 spiro atoms. The number of carboxylic acids is 1. The summed E-state index contributed by atoms with van der Waals surface area (Å²) in [5.74, 6) is -0.844. The lowest BCUT2D eigenvalue weighted by atomic mass is 9.99. The van der Waals surface area contributed by atoms with Crippen molar-refractivity contribution in [2.75, 3.05) is 0 Å². The van der Waals surface area contributed by atoms with E-state index in [0.717, 1.165) is 22.8 Å². The Morgan fingerprint density at radius 1 is 1.06 bits per heavy atom. The van der Waals surface area contributed by atoms with E-state index in [9.17, 15) is 9.90 Å². The van der Waals surface area contributed by atoms with E-state index in [2.05, 4.69) is 0 Å². The third-order valence-electron chi connectivity index (χ3n) is 2.53. The van der Waals surface area contributed by atoms with Crippen molar-refractivity contribution in [3.05, 3.63) is 60.2 Å². The summed E-state index contributed by atoms with van der Waals surface area (Å²) in [4.78, 5) is 10.6. The van der Waals surface area contributed by atoms with Crippen LogP contribution in [0.4, 0.5) is 0 Å². The number of carbonyl (C=O) groups is 1. The molecule has 2 N–H and O–H groups in total. The third-order valence-corrected chi connectivity index (χ3v) is 2.53. The minimum absolute atomic E-state index is 0.154. The largest absolute Gasteiger partial charge is 0.508 e. The zero-order valence-electron chi connectivity index (χ0n) is 9.58. The average molecular weight is 240 g/mol. The number of benzene rings is 2. The lowest BCUT2D eigenvalue weighted by Gasteiger charge is -2.07. The first-order chi connectivity index (χ1) is 8.66. The first-order valence-electron chi connectivity index (χ1n) is 5.46. The zero-order valence-corrected chi connectivity index (χ0v) is 9.58. The van der Waals surface area contributed by atoms with Crippen LogP contribution in [0.25, 0.3) is 17.2 Å². The van der Waals surface area contributed by atoms with Gasteiger partial charge in [-0.1, -0.05) is 36.4 Å². The van der Waals surface area contributed by atoms with Crippen molar-refractivity contribution in [2.45, 2.75) is 0 Å². The van der Waals surface area contributed by atoms with Crippen LogP contribution in [-0.4, -0.2) is 16.2 Å². The second-order valence-electron chi connectivity index (χ2n) is 3.81. The van der Waals surface area contributed by atoms with E-state index < -0.39 is 5.97 Å². The molecule has 0 unspecified atom stereocenters. The van der Waals surface area contributed by atoms with Crippen molar-refractivity contribution in [1.29, 1.82) is 0 Å². The predicted molar refractivity (Wildman–Crippen MR) is 70.2 cm³/mol. The van der Waals surface area contributed by atoms with Gasteiger partial charge in [-0.25, -0.2) is 4.79 Å². The fourth-order valence-corrected chi connectivity index (χ4v) is 1.72. The molecule has 0 saturated heterocycles. The van der Waals surface area contributed by atoms with Crippen molar-refractivity contribution >= 4 is 12.0 Å². The Hall–Kier alpha value is -2.55. The van der Waals surface area contributed by atoms with Gasteiger partial charge in [0.1, 0.15) is 5.75 Å². The molecule has 2 rings (SSSR count). The van der Waals surface area contributed by atoms with Crippen molar-refractivity contribution in [2.24, 2.45) is 0 Å². The number of phenols is 1. The molecule has 0 aromatic heterocycles. The third kappa shape index (κ3) is 2.77. The number of hydrogen-bond donors (Lipinski definition) is 2. The highest BCUT2D eigenvalue weighted by Crippen LogP contribution is 2.28. The zero-order chi connectivity index (χ0) is 13.0. The molecule has 0 radical (unpaired) electrons. The minimum atomic E-state index is -0.998. The normalized spacial score (nSPS) is 10.7. The average Bonchev–Trinajstić information content (AvgIpc) is 2.38. The van der Waals surface area contributed by atoms with Crippen LogP contribution in [0.2, 0.25) is 0 Å². The molecule has 0 saturated carbocycles. The Balaban J connectivity index is 2.51. The lowest BCUT2D eigenvalue weighted by molar-refractivity contribution is -0.131. The molecule has 0 aliphatic heterocycles. The Morgan fingerprint density at radius 3 is 2.44 bits per heavy atom. The first kappa shape index (κ1) is 11.9. The van der Waals surface area contributed by atoms with Crippen LogP contribution in [-0.2, 0) is 4.79 Å². The van der Waals surface area contributed by atoms with Crippen molar-refractivity contribution in [3.8, 4) is 16.9 Å². The van der Waals surface area contributed by atoms with Gasteiger partial charge in [0.2, 0.25) is 0 Å². The lowest BCUT2D eigenvalue weighted by Crippen LogP contribution is -1.87. The van der Waals surface area contributed by atoms with Crippen LogP contribution in [0.5, 0.6) is 5.75 Å². The molecular weight excluding hydrogens is 228 g/mol. The summed E-state index contributed by atoms with van der Waals surface area (Å²) >= 11 is 0. The van der Waals surface area contributed by atoms with Gasteiger partial charge in [-0.2, -0.15) is 0 Å². The monoisotopic (exact) mass is 240 g/mol. The fourth-order valence-electron chi connectivity index (χ4n) is 1.72. The summed E-state index contributed by atoms with van der Waals surface area (Å²) in [5, 5.41) is 18.2. The molecule has 90 valence electrons. The van der Waals surface area contributed by atoms with E-state index in [1.807, 2.05) is 30.3 Å². The Bertz CT molecular complexity index is 586. The molecule has 0 bridgehead atoms. The Morgan fingerprint density at radius 2 is 1.78 bits per heavy atom. The van der Waals surface area contributed by atoms with Gasteiger partial charge in [-0.05, 0) is 34.9 Å². The standard InChI is InChI=1S/C15H12O3/c16-13-8-6-12(7-9-15(17)18)14(10-13)11-4-2-1-3-5-11/h1-10,16H,(H,17,18). The molecule has 0 heterocycles. The molecule has 2 aromatic rings. The van der Waals surface area contributed by atoms with Gasteiger partial charge in [0.05, 0.1) is 0 Å². The quantitative estimate of drug-likeness (QED) is 0.810. The van der Waals surface area contributed by atoms with Gasteiger partial charge in [-0.3, -0.25) is 0 Å². The maximum absolute atomic E-state index is 10.6. The van der Waals surface area contributed by atoms with Crippen LogP contribution in [0.15, 0.2) is 54.6 Å². The summed E-state index contributed by atoms with van der Waals surface area (Å²) in [6, 6.07) is 14.4. The highest BCUT2D eigenvalue weighted by Gasteiger charge is 2.04. The van der Waals surface area contributed by atoms with Gasteiger partial charge in [-0.15, -0.1) is 0 Å². The van der Waals surface area contributed by atoms with Gasteiger partial charge in [0.15, 0.2) is 0 Å². The van der Waals surface area contributed by atoms with Crippen molar-refractivity contribution < 1.29 is 15.0 Å². The van der Waals surface area contributed by atoms with E-state index in [-0.39, 0.29) is 5.75 Å². The van der Waals surface area contributed by atoms with E-state index >= 15 is 0 Å². The summed E-state index contributed by atoms with van der Waals surface area (Å²) < 4.78 is 0. The summed E-state index contributed by atoms with van der Waals surface area (Å²) in [7, 11) is 0. The van der Waals surface area contributed by atoms with Gasteiger partial charge in [0.25, 0.3) is 0 Å². The summed E-state index contributed by atoms with van der Waals surface area (Å²) in [6.07, 6.45) is 2.60. The molecule has 0 aliphatic carbocycles. The van der Waals surface area contributed by atoms with Crippen LogP contribution >= 0.6 is 0 Å². The van der Waals surface area contributed by atoms with Gasteiger partial charge >= 0.3 is 5.97 Å². The predicted octanol–water partition coefficient (Wildman–Crippen LogP) is 3.16. The highest BCUT2D eigenvalue weighted by atomic mass is 16.4. The van der Waals surface area contributed by atoms with E-state index in [1.54, 1.807) is 12.1 Å². The Kier molecular flexibility index (Phi) is 3.44. The number of aromatic hydroxyl groups is 1. The van der Waals surface area contributed by atoms with E-state index in [1.165, 1.54) is 12.1 Å². The minimum Gasteiger partial charge on any atom is -0.508 e. The SMILES string of the molecule is O=C(O)C=Cc1ccc(O)cc1-c1ccccc1. The molecule has 3 nitrogen and oxygen atoms in total. The van der Waals surface area contributed by atoms with Gasteiger partial charge in [0, 0.05) is 6.08 Å². The highest BCUT2D eigenvalue weighted by molar-refractivity contribution is 5.88. The second-order valence-corrected chi connectivity index (χ2v) is 3.81. The molecule has 0 atom stereocenters. The number of carboxylic acid groups (broad SMARTS) is 1. The second kappa shape index (κ2) is 5.19. The van der Waals surface area contributed by atoms with Crippen LogP contribution in [0, 0.1) is 0 Å². The summed E-state index contributed by atoms with van der Waals surface area (Å²) in [6.45, 7) is 0. The molecule has 3 heteroatoms. The van der Waals surface area contributed by atoms with Crippen LogP contribution in [0.1, 0.15) is 5.56 Å². The van der Waals surface area contributed by atoms with Crippen LogP contribution < -0.4 is 0 Å². The molecule has 18 heavy (non-hydrogen) atoms. The first-order valence-corrected chi connectivity index (χ1v) is 5.46. The number of rotatable bonds is 3. The topological polar surface area (TPSA) is 57.5 Å². The number of aliphatic carboxylic acids is 1. The fraction of sp³-hybridized carbons (Fsp3) is 0. The van der Waals surface area contributed by atoms with Crippen molar-refractivity contribution in [1.82, 2.24) is 0 Å². The molecule has 0 aliphatic rings. The molecule has 0 amide bonds. The summed E-state index contributed by atoms with van der Waals surface area (Å²) in [5.41, 5.74) is 2.48. The molecular formula is C15H12O3. The number of phenolic OH excluding ortho intramolecular Hbond substituents is 1. The van der Waals surface area contributed by atoms with Crippen LogP contribution in [0.3, 0.4) is 0 Å². The maximum Gasteiger partial charge on any atom is 0.328 e. The Labute approximate surface area is 105 Å². The molecule has 0 fully saturated rings. The van der Waals surface area contributed by atoms with E-state index in [4.69, 9.17) is 5.11 Å². The van der Waals surface area contributed by atoms with Crippen molar-refractivity contribution in [3.63, 3.8) is 0 Å². The van der Waals surface area contributed by atoms with Gasteiger partial charge < -0.3 is 10.2 Å². The number of hydrogen-bond acceptors (Lipinski definition) is 2. The smallest absolute Gasteiger partial charge is 0.328 e. The molecule has 2 aromatic carbocycles. The maximum atomic E-state index is 10.6. The van der Waals surface area contributed by atoms with E-state index in [0.29, 0.717) is 0 Å².